The Morgan fingerprint density at radius 3 is 2.61 bits per heavy atom. The minimum atomic E-state index is -4.56. The van der Waals surface area contributed by atoms with E-state index >= 15 is 0 Å². The van der Waals surface area contributed by atoms with Gasteiger partial charge in [-0.15, -0.1) is 0 Å². The maximum Gasteiger partial charge on any atom is 0.325 e. The molecule has 31 heavy (non-hydrogen) atoms. The summed E-state index contributed by atoms with van der Waals surface area (Å²) in [6.07, 6.45) is -3.00. The van der Waals surface area contributed by atoms with Gasteiger partial charge in [0.2, 0.25) is 0 Å². The molecule has 0 saturated carbocycles. The quantitative estimate of drug-likeness (QED) is 0.275. The lowest BCUT2D eigenvalue weighted by Gasteiger charge is -2.23. The Morgan fingerprint density at radius 2 is 2.00 bits per heavy atom. The van der Waals surface area contributed by atoms with Crippen molar-refractivity contribution in [2.75, 3.05) is 13.1 Å². The number of aliphatic hydroxyl groups excluding tert-OH is 1. The Morgan fingerprint density at radius 1 is 1.35 bits per heavy atom. The summed E-state index contributed by atoms with van der Waals surface area (Å²) in [7, 11) is -4.56. The average molecular weight is 458 g/mol. The number of imide groups is 1. The van der Waals surface area contributed by atoms with Crippen molar-refractivity contribution in [2.45, 2.75) is 43.4 Å². The van der Waals surface area contributed by atoms with E-state index in [1.807, 2.05) is 5.32 Å². The van der Waals surface area contributed by atoms with Crippen LogP contribution in [-0.4, -0.2) is 72.0 Å². The number of benzene rings is 1. The van der Waals surface area contributed by atoms with Crippen LogP contribution in [0.1, 0.15) is 20.3 Å². The molecule has 1 fully saturated rings. The number of hydrogen-bond donors (Lipinski definition) is 3. The molecule has 1 aromatic rings. The first-order valence-corrected chi connectivity index (χ1v) is 10.7. The van der Waals surface area contributed by atoms with Crippen LogP contribution in [0.2, 0.25) is 0 Å². The molecule has 1 aliphatic heterocycles. The highest BCUT2D eigenvalue weighted by atomic mass is 32.2. The molecule has 0 spiro atoms. The number of nitrogens with one attached hydrogen (secondary N) is 2. The summed E-state index contributed by atoms with van der Waals surface area (Å²) in [5.74, 6) is -2.08. The number of urea groups is 1. The van der Waals surface area contributed by atoms with Crippen molar-refractivity contribution in [3.8, 4) is 0 Å². The lowest BCUT2D eigenvalue weighted by molar-refractivity contribution is -0.387. The van der Waals surface area contributed by atoms with Gasteiger partial charge in [0.15, 0.2) is 11.0 Å². The highest BCUT2D eigenvalue weighted by Gasteiger charge is 2.46. The van der Waals surface area contributed by atoms with Gasteiger partial charge in [-0.2, -0.15) is 4.31 Å². The minimum absolute atomic E-state index is 0.256. The number of esters is 1. The predicted molar refractivity (Wildman–Crippen MR) is 104 cm³/mol. The second-order valence-electron chi connectivity index (χ2n) is 6.63. The predicted octanol–water partition coefficient (Wildman–Crippen LogP) is -0.504. The zero-order valence-corrected chi connectivity index (χ0v) is 17.5. The number of β-amino-alcohol motifs (C(OH)–C–C–N with tert-alkyl or cyclic N) is 1. The lowest BCUT2D eigenvalue weighted by Crippen LogP contribution is -2.47. The molecule has 1 aliphatic rings. The van der Waals surface area contributed by atoms with Crippen LogP contribution in [0, 0.1) is 10.1 Å². The lowest BCUT2D eigenvalue weighted by atomic mass is 10.2. The van der Waals surface area contributed by atoms with Gasteiger partial charge in [0.25, 0.3) is 21.6 Å². The highest BCUT2D eigenvalue weighted by molar-refractivity contribution is 7.89. The molecule has 0 aromatic heterocycles. The summed E-state index contributed by atoms with van der Waals surface area (Å²) in [4.78, 5) is 45.6. The Bertz CT molecular complexity index is 982. The Labute approximate surface area is 177 Å². The summed E-state index contributed by atoms with van der Waals surface area (Å²) >= 11 is 0. The fourth-order valence-corrected chi connectivity index (χ4v) is 4.73. The number of nitro groups is 1. The molecule has 0 radical (unpaired) electrons. The summed E-state index contributed by atoms with van der Waals surface area (Å²) < 4.78 is 31.6. The van der Waals surface area contributed by atoms with Gasteiger partial charge < -0.3 is 15.2 Å². The van der Waals surface area contributed by atoms with E-state index in [1.165, 1.54) is 19.1 Å². The molecule has 2 rings (SSSR count). The number of hydrogen-bond acceptors (Lipinski definition) is 9. The standard InChI is InChI=1S/C17H22N4O9S/c1-3-18-17(25)19-15(23)10(2)30-16(24)13-8-11(22)9-20(13)31(28,29)14-7-5-4-6-12(14)21(26)27/h4-7,10-11,13,22H,3,8-9H2,1-2H3,(H2,18,19,23,25)/t10-,11-,13+/m1/s1. The summed E-state index contributed by atoms with van der Waals surface area (Å²) in [5, 5.41) is 25.4. The van der Waals surface area contributed by atoms with Crippen LogP contribution >= 0.6 is 0 Å². The number of sulfonamides is 1. The molecule has 0 bridgehead atoms. The van der Waals surface area contributed by atoms with Crippen molar-refractivity contribution in [3.63, 3.8) is 0 Å². The number of para-hydroxylation sites is 1. The number of amides is 3. The molecular weight excluding hydrogens is 436 g/mol. The average Bonchev–Trinajstić information content (AvgIpc) is 3.10. The number of nitro benzene ring substituents is 1. The van der Waals surface area contributed by atoms with E-state index in [9.17, 15) is 38.0 Å². The maximum absolute atomic E-state index is 13.0. The number of nitrogens with zero attached hydrogens (tertiary/aromatic N) is 2. The van der Waals surface area contributed by atoms with E-state index in [-0.39, 0.29) is 13.0 Å². The third-order valence-corrected chi connectivity index (χ3v) is 6.31. The zero-order chi connectivity index (χ0) is 23.3. The normalized spacial score (nSPS) is 20.0. The van der Waals surface area contributed by atoms with E-state index in [4.69, 9.17) is 4.74 Å². The van der Waals surface area contributed by atoms with Crippen LogP contribution in [-0.2, 0) is 24.3 Å². The van der Waals surface area contributed by atoms with E-state index in [0.29, 0.717) is 4.31 Å². The van der Waals surface area contributed by atoms with Crippen molar-refractivity contribution < 1.29 is 37.6 Å². The Hall–Kier alpha value is -3.10. The largest absolute Gasteiger partial charge is 0.451 e. The van der Waals surface area contributed by atoms with Crippen molar-refractivity contribution >= 4 is 33.6 Å². The van der Waals surface area contributed by atoms with E-state index in [2.05, 4.69) is 5.32 Å². The molecule has 13 nitrogen and oxygen atoms in total. The monoisotopic (exact) mass is 458 g/mol. The molecule has 170 valence electrons. The molecule has 3 N–H and O–H groups in total. The number of carbonyl (C=O) groups is 3. The highest BCUT2D eigenvalue weighted by Crippen LogP contribution is 2.32. The summed E-state index contributed by atoms with van der Waals surface area (Å²) in [6.45, 7) is 2.57. The molecule has 1 heterocycles. The van der Waals surface area contributed by atoms with Gasteiger partial charge in [-0.1, -0.05) is 12.1 Å². The molecule has 14 heteroatoms. The first-order chi connectivity index (χ1) is 14.5. The van der Waals surface area contributed by atoms with Crippen LogP contribution in [0.3, 0.4) is 0 Å². The minimum Gasteiger partial charge on any atom is -0.451 e. The molecule has 0 aliphatic carbocycles. The second-order valence-corrected chi connectivity index (χ2v) is 8.49. The van der Waals surface area contributed by atoms with Crippen molar-refractivity contribution in [1.82, 2.24) is 14.9 Å². The van der Waals surface area contributed by atoms with E-state index in [1.54, 1.807) is 6.92 Å². The number of rotatable bonds is 7. The van der Waals surface area contributed by atoms with Crippen LogP contribution in [0.15, 0.2) is 29.2 Å². The van der Waals surface area contributed by atoms with Crippen LogP contribution in [0.25, 0.3) is 0 Å². The molecular formula is C17H22N4O9S. The van der Waals surface area contributed by atoms with Crippen molar-refractivity contribution in [3.05, 3.63) is 34.4 Å². The van der Waals surface area contributed by atoms with E-state index < -0.39 is 68.2 Å². The second kappa shape index (κ2) is 9.80. The Kier molecular flexibility index (Phi) is 7.65. The van der Waals surface area contributed by atoms with Gasteiger partial charge in [-0.05, 0) is 19.9 Å². The number of aliphatic hydroxyl groups is 1. The first-order valence-electron chi connectivity index (χ1n) is 9.21. The fourth-order valence-electron chi connectivity index (χ4n) is 2.94. The summed E-state index contributed by atoms with van der Waals surface area (Å²) in [5.41, 5.74) is -0.689. The zero-order valence-electron chi connectivity index (χ0n) is 16.7. The fraction of sp³-hybridized carbons (Fsp3) is 0.471. The van der Waals surface area contributed by atoms with Gasteiger partial charge in [-0.3, -0.25) is 25.0 Å². The Balaban J connectivity index is 2.23. The van der Waals surface area contributed by atoms with Gasteiger partial charge in [0, 0.05) is 25.6 Å². The van der Waals surface area contributed by atoms with Gasteiger partial charge in [0.1, 0.15) is 6.04 Å². The molecule has 1 aromatic carbocycles. The van der Waals surface area contributed by atoms with Crippen LogP contribution in [0.5, 0.6) is 0 Å². The molecule has 3 atom stereocenters. The smallest absolute Gasteiger partial charge is 0.325 e. The third-order valence-electron chi connectivity index (χ3n) is 4.39. The van der Waals surface area contributed by atoms with Crippen molar-refractivity contribution in [1.29, 1.82) is 0 Å². The molecule has 3 amide bonds. The molecule has 0 unspecified atom stereocenters. The van der Waals surface area contributed by atoms with Crippen molar-refractivity contribution in [2.24, 2.45) is 0 Å². The topological polar surface area (TPSA) is 185 Å². The van der Waals surface area contributed by atoms with Gasteiger partial charge in [0.05, 0.1) is 11.0 Å². The third kappa shape index (κ3) is 5.53. The first kappa shape index (κ1) is 24.2. The van der Waals surface area contributed by atoms with Crippen LogP contribution in [0.4, 0.5) is 10.5 Å². The maximum atomic E-state index is 13.0. The number of carbonyl (C=O) groups excluding carboxylic acids is 3. The number of ether oxygens (including phenoxy) is 1. The van der Waals surface area contributed by atoms with Gasteiger partial charge in [-0.25, -0.2) is 13.2 Å². The summed E-state index contributed by atoms with van der Waals surface area (Å²) in [6, 6.07) is 2.28. The van der Waals surface area contributed by atoms with Gasteiger partial charge >= 0.3 is 12.0 Å². The van der Waals surface area contributed by atoms with Crippen LogP contribution < -0.4 is 10.6 Å². The van der Waals surface area contributed by atoms with E-state index in [0.717, 1.165) is 12.1 Å². The molecule has 1 saturated heterocycles. The SMILES string of the molecule is CCNC(=O)NC(=O)[C@@H](C)OC(=O)[C@@H]1C[C@@H](O)CN1S(=O)(=O)c1ccccc1[N+](=O)[O-].